The summed E-state index contributed by atoms with van der Waals surface area (Å²) in [7, 11) is 1.91. The standard InChI is InChI=1S/C25H27BrN6O2/c1-17-12-20(26)5-7-21(17)32-16-23(28-29-32)25(34)8-3-10-31(11-9-25)24(33)14-18-4-6-22-19(13-18)15-27-30(22)2/h4-7,12-13,15-16,34H,3,8-11,14H2,1-2H3. The fourth-order valence-electron chi connectivity index (χ4n) is 4.70. The molecular weight excluding hydrogens is 496 g/mol. The molecule has 0 bridgehead atoms. The molecule has 0 aliphatic carbocycles. The maximum Gasteiger partial charge on any atom is 0.226 e. The SMILES string of the molecule is Cc1cc(Br)ccc1-n1cc(C2(O)CCCN(C(=O)Cc3ccc4c(cnn4C)c3)CC2)nn1. The summed E-state index contributed by atoms with van der Waals surface area (Å²) < 4.78 is 4.53. The number of fused-ring (bicyclic) bond motifs is 1. The van der Waals surface area contributed by atoms with Crippen molar-refractivity contribution in [2.24, 2.45) is 7.05 Å². The highest BCUT2D eigenvalue weighted by atomic mass is 79.9. The number of aliphatic hydroxyl groups is 1. The van der Waals surface area contributed by atoms with Crippen LogP contribution >= 0.6 is 15.9 Å². The molecule has 1 aliphatic rings. The van der Waals surface area contributed by atoms with Crippen molar-refractivity contribution in [1.82, 2.24) is 29.7 Å². The van der Waals surface area contributed by atoms with E-state index in [0.717, 1.165) is 32.2 Å². The number of nitrogens with zero attached hydrogens (tertiary/aromatic N) is 6. The molecule has 0 saturated carbocycles. The summed E-state index contributed by atoms with van der Waals surface area (Å²) in [5.41, 5.74) is 3.43. The first-order valence-electron chi connectivity index (χ1n) is 11.4. The molecule has 9 heteroatoms. The van der Waals surface area contributed by atoms with Gasteiger partial charge >= 0.3 is 0 Å². The molecule has 1 aliphatic heterocycles. The molecule has 1 atom stereocenters. The molecule has 2 aromatic heterocycles. The molecule has 0 spiro atoms. The number of carbonyl (C=O) groups excluding carboxylic acids is 1. The zero-order valence-corrected chi connectivity index (χ0v) is 20.9. The van der Waals surface area contributed by atoms with E-state index in [1.54, 1.807) is 10.9 Å². The zero-order valence-electron chi connectivity index (χ0n) is 19.3. The topological polar surface area (TPSA) is 89.1 Å². The van der Waals surface area contributed by atoms with E-state index in [-0.39, 0.29) is 5.91 Å². The van der Waals surface area contributed by atoms with Gasteiger partial charge in [0.2, 0.25) is 5.91 Å². The number of rotatable bonds is 4. The Morgan fingerprint density at radius 1 is 1.18 bits per heavy atom. The van der Waals surface area contributed by atoms with Crippen LogP contribution in [-0.2, 0) is 23.9 Å². The molecule has 176 valence electrons. The summed E-state index contributed by atoms with van der Waals surface area (Å²) >= 11 is 3.48. The summed E-state index contributed by atoms with van der Waals surface area (Å²) in [6.07, 6.45) is 5.63. The Labute approximate surface area is 206 Å². The Morgan fingerprint density at radius 3 is 2.85 bits per heavy atom. The lowest BCUT2D eigenvalue weighted by Gasteiger charge is -2.24. The number of hydrogen-bond acceptors (Lipinski definition) is 5. The molecule has 4 aromatic rings. The van der Waals surface area contributed by atoms with Crippen LogP contribution in [0.2, 0.25) is 0 Å². The maximum absolute atomic E-state index is 13.1. The van der Waals surface area contributed by atoms with Crippen molar-refractivity contribution in [2.45, 2.75) is 38.2 Å². The number of carbonyl (C=O) groups is 1. The van der Waals surface area contributed by atoms with Crippen LogP contribution in [0, 0.1) is 6.92 Å². The fourth-order valence-corrected chi connectivity index (χ4v) is 5.18. The quantitative estimate of drug-likeness (QED) is 0.441. The predicted octanol–water partition coefficient (Wildman–Crippen LogP) is 3.67. The van der Waals surface area contributed by atoms with Gasteiger partial charge in [0.15, 0.2) is 0 Å². The first-order valence-corrected chi connectivity index (χ1v) is 12.2. The second kappa shape index (κ2) is 8.96. The van der Waals surface area contributed by atoms with Gasteiger partial charge in [-0.2, -0.15) is 5.10 Å². The van der Waals surface area contributed by atoms with Crippen LogP contribution in [-0.4, -0.2) is 53.8 Å². The van der Waals surface area contributed by atoms with Crippen LogP contribution in [0.3, 0.4) is 0 Å². The van der Waals surface area contributed by atoms with Crippen molar-refractivity contribution >= 4 is 32.7 Å². The van der Waals surface area contributed by atoms with Gasteiger partial charge in [-0.25, -0.2) is 4.68 Å². The van der Waals surface area contributed by atoms with E-state index in [2.05, 4.69) is 31.3 Å². The van der Waals surface area contributed by atoms with E-state index in [1.807, 2.05) is 66.1 Å². The molecule has 1 unspecified atom stereocenters. The molecule has 1 amide bonds. The van der Waals surface area contributed by atoms with Crippen molar-refractivity contribution in [1.29, 1.82) is 0 Å². The monoisotopic (exact) mass is 522 g/mol. The molecule has 2 aromatic carbocycles. The third kappa shape index (κ3) is 4.37. The number of likely N-dealkylation sites (tertiary alicyclic amines) is 1. The Kier molecular flexibility index (Phi) is 5.99. The van der Waals surface area contributed by atoms with Gasteiger partial charge in [0.25, 0.3) is 0 Å². The van der Waals surface area contributed by atoms with Crippen molar-refractivity contribution in [3.05, 3.63) is 70.1 Å². The largest absolute Gasteiger partial charge is 0.383 e. The van der Waals surface area contributed by atoms with Crippen molar-refractivity contribution < 1.29 is 9.90 Å². The van der Waals surface area contributed by atoms with Crippen molar-refractivity contribution in [2.75, 3.05) is 13.1 Å². The third-order valence-corrected chi connectivity index (χ3v) is 7.20. The number of aryl methyl sites for hydroxylation is 2. The average Bonchev–Trinajstić information content (AvgIpc) is 3.38. The normalized spacial score (nSPS) is 18.9. The first-order chi connectivity index (χ1) is 16.3. The van der Waals surface area contributed by atoms with Gasteiger partial charge in [0.1, 0.15) is 11.3 Å². The third-order valence-electron chi connectivity index (χ3n) is 6.71. The number of aromatic nitrogens is 5. The lowest BCUT2D eigenvalue weighted by atomic mass is 9.92. The molecule has 1 saturated heterocycles. The van der Waals surface area contributed by atoms with Crippen LogP contribution in [0.5, 0.6) is 0 Å². The smallest absolute Gasteiger partial charge is 0.226 e. The van der Waals surface area contributed by atoms with Crippen molar-refractivity contribution in [3.63, 3.8) is 0 Å². The van der Waals surface area contributed by atoms with Crippen LogP contribution in [0.25, 0.3) is 16.6 Å². The minimum Gasteiger partial charge on any atom is -0.383 e. The van der Waals surface area contributed by atoms with Crippen LogP contribution in [0.15, 0.2) is 53.3 Å². The molecule has 1 N–H and O–H groups in total. The lowest BCUT2D eigenvalue weighted by molar-refractivity contribution is -0.130. The zero-order chi connectivity index (χ0) is 23.9. The Balaban J connectivity index is 1.28. The molecule has 0 radical (unpaired) electrons. The summed E-state index contributed by atoms with van der Waals surface area (Å²) in [5.74, 6) is 0.0710. The summed E-state index contributed by atoms with van der Waals surface area (Å²) in [6, 6.07) is 12.0. The lowest BCUT2D eigenvalue weighted by Crippen LogP contribution is -2.34. The van der Waals surface area contributed by atoms with E-state index in [9.17, 15) is 9.90 Å². The van der Waals surface area contributed by atoms with Crippen LogP contribution in [0.4, 0.5) is 0 Å². The van der Waals surface area contributed by atoms with E-state index >= 15 is 0 Å². The molecule has 8 nitrogen and oxygen atoms in total. The highest BCUT2D eigenvalue weighted by molar-refractivity contribution is 9.10. The first kappa shape index (κ1) is 22.7. The van der Waals surface area contributed by atoms with E-state index in [0.29, 0.717) is 44.5 Å². The summed E-state index contributed by atoms with van der Waals surface area (Å²) in [6.45, 7) is 3.11. The van der Waals surface area contributed by atoms with Gasteiger partial charge in [0.05, 0.1) is 30.0 Å². The van der Waals surface area contributed by atoms with Gasteiger partial charge in [-0.1, -0.05) is 27.2 Å². The Morgan fingerprint density at radius 2 is 2.03 bits per heavy atom. The summed E-state index contributed by atoms with van der Waals surface area (Å²) in [4.78, 5) is 14.9. The summed E-state index contributed by atoms with van der Waals surface area (Å²) in [5, 5.41) is 25.3. The average molecular weight is 523 g/mol. The van der Waals surface area contributed by atoms with Crippen LogP contribution in [0.1, 0.15) is 36.1 Å². The number of benzene rings is 2. The van der Waals surface area contributed by atoms with Gasteiger partial charge in [-0.15, -0.1) is 5.10 Å². The second-order valence-electron chi connectivity index (χ2n) is 9.08. The highest BCUT2D eigenvalue weighted by Crippen LogP contribution is 2.32. The minimum atomic E-state index is -1.11. The minimum absolute atomic E-state index is 0.0710. The fraction of sp³-hybridized carbons (Fsp3) is 0.360. The van der Waals surface area contributed by atoms with Crippen molar-refractivity contribution in [3.8, 4) is 5.69 Å². The number of hydrogen-bond donors (Lipinski definition) is 1. The second-order valence-corrected chi connectivity index (χ2v) is 10.00. The van der Waals surface area contributed by atoms with E-state index in [1.165, 1.54) is 0 Å². The molecule has 34 heavy (non-hydrogen) atoms. The van der Waals surface area contributed by atoms with E-state index < -0.39 is 5.60 Å². The molecule has 5 rings (SSSR count). The molecule has 3 heterocycles. The Bertz CT molecular complexity index is 1360. The van der Waals surface area contributed by atoms with Crippen LogP contribution < -0.4 is 0 Å². The van der Waals surface area contributed by atoms with E-state index in [4.69, 9.17) is 0 Å². The highest BCUT2D eigenvalue weighted by Gasteiger charge is 2.36. The maximum atomic E-state index is 13.1. The Hall–Kier alpha value is -3.04. The number of halogens is 1. The van der Waals surface area contributed by atoms with Gasteiger partial charge < -0.3 is 10.0 Å². The molecule has 1 fully saturated rings. The van der Waals surface area contributed by atoms with Gasteiger partial charge in [-0.3, -0.25) is 9.48 Å². The molecular formula is C25H27BrN6O2. The number of amides is 1. The van der Waals surface area contributed by atoms with Gasteiger partial charge in [0, 0.05) is 30.0 Å². The predicted molar refractivity (Wildman–Crippen MR) is 133 cm³/mol. The van der Waals surface area contributed by atoms with Gasteiger partial charge in [-0.05, 0) is 67.6 Å².